The number of para-hydroxylation sites is 1. The second kappa shape index (κ2) is 9.54. The van der Waals surface area contributed by atoms with Crippen LogP contribution in [0.25, 0.3) is 10.9 Å². The Bertz CT molecular complexity index is 1040. The van der Waals surface area contributed by atoms with Gasteiger partial charge in [0.15, 0.2) is 0 Å². The number of halogens is 2. The van der Waals surface area contributed by atoms with Gasteiger partial charge in [-0.15, -0.1) is 0 Å². The Hall–Kier alpha value is -2.50. The van der Waals surface area contributed by atoms with Crippen molar-refractivity contribution in [2.24, 2.45) is 0 Å². The highest BCUT2D eigenvalue weighted by Gasteiger charge is 2.21. The first-order chi connectivity index (χ1) is 14.6. The van der Waals surface area contributed by atoms with Crippen molar-refractivity contribution >= 4 is 45.8 Å². The van der Waals surface area contributed by atoms with Crippen molar-refractivity contribution in [1.29, 1.82) is 0 Å². The van der Waals surface area contributed by atoms with E-state index >= 15 is 0 Å². The molecule has 4 rings (SSSR count). The van der Waals surface area contributed by atoms with Gasteiger partial charge in [-0.1, -0.05) is 41.4 Å². The van der Waals surface area contributed by atoms with Crippen molar-refractivity contribution in [3.8, 4) is 5.75 Å². The zero-order valence-electron chi connectivity index (χ0n) is 16.6. The fourth-order valence-corrected chi connectivity index (χ4v) is 4.04. The van der Waals surface area contributed by atoms with E-state index in [1.54, 1.807) is 18.2 Å². The summed E-state index contributed by atoms with van der Waals surface area (Å²) in [4.78, 5) is 21.5. The number of benzene rings is 2. The topological polar surface area (TPSA) is 45.7 Å². The van der Waals surface area contributed by atoms with E-state index in [4.69, 9.17) is 32.9 Å². The molecule has 0 spiro atoms. The standard InChI is InChI=1S/C23H23Cl2N3O2/c24-18-8-9-21(19(25)16-18)30-15-3-6-23(29)28-13-11-27(12-14-28)22-10-7-17-4-1-2-5-20(17)26-22/h1-2,4-5,7-10,16H,3,6,11-15H2. The third-order valence-electron chi connectivity index (χ3n) is 5.23. The number of ether oxygens (including phenoxy) is 1. The highest BCUT2D eigenvalue weighted by Crippen LogP contribution is 2.27. The Morgan fingerprint density at radius 3 is 2.60 bits per heavy atom. The third-order valence-corrected chi connectivity index (χ3v) is 5.76. The van der Waals surface area contributed by atoms with Gasteiger partial charge < -0.3 is 14.5 Å². The minimum atomic E-state index is 0.159. The lowest BCUT2D eigenvalue weighted by Crippen LogP contribution is -2.49. The third kappa shape index (κ3) is 4.97. The predicted octanol–water partition coefficient (Wildman–Crippen LogP) is 5.05. The number of rotatable bonds is 6. The summed E-state index contributed by atoms with van der Waals surface area (Å²) in [6.45, 7) is 3.42. The summed E-state index contributed by atoms with van der Waals surface area (Å²) < 4.78 is 5.66. The number of aromatic nitrogens is 1. The molecule has 0 atom stereocenters. The number of carbonyl (C=O) groups is 1. The van der Waals surface area contributed by atoms with E-state index in [-0.39, 0.29) is 5.91 Å². The van der Waals surface area contributed by atoms with Crippen molar-refractivity contribution < 1.29 is 9.53 Å². The maximum Gasteiger partial charge on any atom is 0.222 e. The number of piperazine rings is 1. The molecule has 0 N–H and O–H groups in total. The highest BCUT2D eigenvalue weighted by atomic mass is 35.5. The number of hydrogen-bond donors (Lipinski definition) is 0. The van der Waals surface area contributed by atoms with Gasteiger partial charge in [0.1, 0.15) is 11.6 Å². The molecule has 7 heteroatoms. The Morgan fingerprint density at radius 2 is 1.80 bits per heavy atom. The number of hydrogen-bond acceptors (Lipinski definition) is 4. The normalized spacial score (nSPS) is 14.2. The first-order valence-electron chi connectivity index (χ1n) is 10.1. The number of amides is 1. The predicted molar refractivity (Wildman–Crippen MR) is 122 cm³/mol. The van der Waals surface area contributed by atoms with Crippen molar-refractivity contribution in [2.75, 3.05) is 37.7 Å². The highest BCUT2D eigenvalue weighted by molar-refractivity contribution is 6.35. The van der Waals surface area contributed by atoms with Gasteiger partial charge in [-0.2, -0.15) is 0 Å². The van der Waals surface area contributed by atoms with Gasteiger partial charge in [0.05, 0.1) is 17.1 Å². The number of pyridine rings is 1. The Morgan fingerprint density at radius 1 is 1.00 bits per heavy atom. The molecule has 1 amide bonds. The molecule has 1 saturated heterocycles. The smallest absolute Gasteiger partial charge is 0.222 e. The van der Waals surface area contributed by atoms with Crippen LogP contribution in [0.3, 0.4) is 0 Å². The zero-order chi connectivity index (χ0) is 20.9. The lowest BCUT2D eigenvalue weighted by molar-refractivity contribution is -0.131. The summed E-state index contributed by atoms with van der Waals surface area (Å²) in [6.07, 6.45) is 1.10. The van der Waals surface area contributed by atoms with Gasteiger partial charge in [0, 0.05) is 43.0 Å². The van der Waals surface area contributed by atoms with Crippen LogP contribution in [0.15, 0.2) is 54.6 Å². The lowest BCUT2D eigenvalue weighted by Gasteiger charge is -2.35. The van der Waals surface area contributed by atoms with Crippen LogP contribution in [0.4, 0.5) is 5.82 Å². The van der Waals surface area contributed by atoms with Crippen molar-refractivity contribution in [3.63, 3.8) is 0 Å². The minimum absolute atomic E-state index is 0.159. The molecule has 1 aliphatic heterocycles. The maximum absolute atomic E-state index is 12.5. The molecule has 1 fully saturated rings. The van der Waals surface area contributed by atoms with Crippen LogP contribution < -0.4 is 9.64 Å². The summed E-state index contributed by atoms with van der Waals surface area (Å²) >= 11 is 12.0. The second-order valence-electron chi connectivity index (χ2n) is 7.26. The Labute approximate surface area is 186 Å². The first kappa shape index (κ1) is 20.8. The quantitative estimate of drug-likeness (QED) is 0.500. The van der Waals surface area contributed by atoms with Crippen LogP contribution in [0, 0.1) is 0 Å². The molecule has 3 aromatic rings. The maximum atomic E-state index is 12.5. The Balaban J connectivity index is 1.23. The van der Waals surface area contributed by atoms with Gasteiger partial charge >= 0.3 is 0 Å². The fourth-order valence-electron chi connectivity index (χ4n) is 3.57. The molecule has 5 nitrogen and oxygen atoms in total. The van der Waals surface area contributed by atoms with Gasteiger partial charge in [0.25, 0.3) is 0 Å². The Kier molecular flexibility index (Phi) is 6.60. The molecule has 2 aromatic carbocycles. The molecule has 0 bridgehead atoms. The van der Waals surface area contributed by atoms with E-state index in [0.29, 0.717) is 48.3 Å². The van der Waals surface area contributed by atoms with E-state index in [0.717, 1.165) is 29.8 Å². The van der Waals surface area contributed by atoms with Crippen LogP contribution in [0.1, 0.15) is 12.8 Å². The van der Waals surface area contributed by atoms with Crippen molar-refractivity contribution in [1.82, 2.24) is 9.88 Å². The molecule has 30 heavy (non-hydrogen) atoms. The summed E-state index contributed by atoms with van der Waals surface area (Å²) in [7, 11) is 0. The summed E-state index contributed by atoms with van der Waals surface area (Å²) in [5.41, 5.74) is 0.995. The van der Waals surface area contributed by atoms with Gasteiger partial charge in [-0.3, -0.25) is 4.79 Å². The summed E-state index contributed by atoms with van der Waals surface area (Å²) in [6, 6.07) is 17.4. The van der Waals surface area contributed by atoms with E-state index in [1.807, 2.05) is 23.1 Å². The SMILES string of the molecule is O=C(CCCOc1ccc(Cl)cc1Cl)N1CCN(c2ccc3ccccc3n2)CC1. The average Bonchev–Trinajstić information content (AvgIpc) is 2.77. The van der Waals surface area contributed by atoms with Crippen molar-refractivity contribution in [2.45, 2.75) is 12.8 Å². The van der Waals surface area contributed by atoms with Gasteiger partial charge in [0.2, 0.25) is 5.91 Å². The zero-order valence-corrected chi connectivity index (χ0v) is 18.1. The molecular formula is C23H23Cl2N3O2. The summed E-state index contributed by atoms with van der Waals surface area (Å²) in [5.74, 6) is 1.71. The molecule has 1 aromatic heterocycles. The number of anilines is 1. The van der Waals surface area contributed by atoms with Crippen LogP contribution in [0.5, 0.6) is 5.75 Å². The molecule has 0 unspecified atom stereocenters. The molecule has 2 heterocycles. The molecule has 1 aliphatic rings. The van der Waals surface area contributed by atoms with E-state index < -0.39 is 0 Å². The lowest BCUT2D eigenvalue weighted by atomic mass is 10.2. The molecular weight excluding hydrogens is 421 g/mol. The van der Waals surface area contributed by atoms with Crippen LogP contribution >= 0.6 is 23.2 Å². The fraction of sp³-hybridized carbons (Fsp3) is 0.304. The van der Waals surface area contributed by atoms with E-state index in [9.17, 15) is 4.79 Å². The monoisotopic (exact) mass is 443 g/mol. The molecule has 0 saturated carbocycles. The van der Waals surface area contributed by atoms with E-state index in [2.05, 4.69) is 23.1 Å². The molecule has 156 valence electrons. The van der Waals surface area contributed by atoms with Gasteiger partial charge in [-0.25, -0.2) is 4.98 Å². The second-order valence-corrected chi connectivity index (χ2v) is 8.10. The minimum Gasteiger partial charge on any atom is -0.492 e. The number of nitrogens with zero attached hydrogens (tertiary/aromatic N) is 3. The molecule has 0 radical (unpaired) electrons. The first-order valence-corrected chi connectivity index (χ1v) is 10.8. The van der Waals surface area contributed by atoms with Crippen molar-refractivity contribution in [3.05, 3.63) is 64.6 Å². The van der Waals surface area contributed by atoms with Crippen LogP contribution in [0.2, 0.25) is 10.0 Å². The van der Waals surface area contributed by atoms with E-state index in [1.165, 1.54) is 0 Å². The number of fused-ring (bicyclic) bond motifs is 1. The van der Waals surface area contributed by atoms with Crippen LogP contribution in [-0.2, 0) is 4.79 Å². The van der Waals surface area contributed by atoms with Gasteiger partial charge in [-0.05, 0) is 42.8 Å². The molecule has 0 aliphatic carbocycles. The largest absolute Gasteiger partial charge is 0.492 e. The number of carbonyl (C=O) groups excluding carboxylic acids is 1. The average molecular weight is 444 g/mol. The summed E-state index contributed by atoms with van der Waals surface area (Å²) in [5, 5.41) is 2.19. The van der Waals surface area contributed by atoms with Crippen LogP contribution in [-0.4, -0.2) is 48.6 Å².